The molecule has 2 rings (SSSR count). The first kappa shape index (κ1) is 19.1. The molecule has 0 aromatic heterocycles. The van der Waals surface area contributed by atoms with Gasteiger partial charge in [0.1, 0.15) is 5.71 Å². The Hall–Kier alpha value is -3.23. The number of hydrogen-bond donors (Lipinski definition) is 1. The van der Waals surface area contributed by atoms with Gasteiger partial charge in [-0.15, -0.1) is 0 Å². The topological polar surface area (TPSA) is 108 Å². The van der Waals surface area contributed by atoms with Gasteiger partial charge >= 0.3 is 5.97 Å². The minimum Gasteiger partial charge on any atom is -0.451 e. The number of carbonyl (C=O) groups excluding carboxylic acids is 4. The van der Waals surface area contributed by atoms with Crippen LogP contribution in [0.5, 0.6) is 0 Å². The number of hydrazone groups is 1. The van der Waals surface area contributed by atoms with Crippen LogP contribution < -0.4 is 5.32 Å². The van der Waals surface area contributed by atoms with Crippen LogP contribution in [-0.4, -0.2) is 67.1 Å². The van der Waals surface area contributed by atoms with Gasteiger partial charge in [-0.1, -0.05) is 0 Å². The van der Waals surface area contributed by atoms with Crippen molar-refractivity contribution < 1.29 is 23.9 Å². The lowest BCUT2D eigenvalue weighted by atomic mass is 10.2. The van der Waals surface area contributed by atoms with E-state index in [1.54, 1.807) is 38.4 Å². The lowest BCUT2D eigenvalue weighted by Crippen LogP contribution is -2.33. The van der Waals surface area contributed by atoms with Gasteiger partial charge in [0.2, 0.25) is 5.91 Å². The standard InChI is InChI=1S/C17H20N4O5/c1-20(2)16(24)11-4-6-12(7-5-11)18-14(22)10-26-17(25)13-8-9-15(23)21(3)19-13/h4-7H,8-10H2,1-3H3,(H,18,22). The van der Waals surface area contributed by atoms with E-state index in [1.807, 2.05) is 0 Å². The van der Waals surface area contributed by atoms with Gasteiger partial charge in [-0.2, -0.15) is 5.10 Å². The van der Waals surface area contributed by atoms with E-state index in [4.69, 9.17) is 4.74 Å². The zero-order valence-corrected chi connectivity index (χ0v) is 14.8. The van der Waals surface area contributed by atoms with Gasteiger partial charge < -0.3 is 15.0 Å². The summed E-state index contributed by atoms with van der Waals surface area (Å²) in [5.74, 6) is -1.58. The van der Waals surface area contributed by atoms with Crippen LogP contribution in [0.2, 0.25) is 0 Å². The summed E-state index contributed by atoms with van der Waals surface area (Å²) in [7, 11) is 4.75. The van der Waals surface area contributed by atoms with Gasteiger partial charge in [-0.25, -0.2) is 9.80 Å². The van der Waals surface area contributed by atoms with E-state index < -0.39 is 18.5 Å². The Labute approximate surface area is 150 Å². The van der Waals surface area contributed by atoms with E-state index in [0.717, 1.165) is 5.01 Å². The van der Waals surface area contributed by atoms with Crippen molar-refractivity contribution in [3.05, 3.63) is 29.8 Å². The molecule has 1 aromatic rings. The van der Waals surface area contributed by atoms with Crippen LogP contribution in [0, 0.1) is 0 Å². The quantitative estimate of drug-likeness (QED) is 0.768. The molecular formula is C17H20N4O5. The molecule has 1 aromatic carbocycles. The minimum atomic E-state index is -0.730. The number of ether oxygens (including phenoxy) is 1. The van der Waals surface area contributed by atoms with E-state index in [1.165, 1.54) is 11.9 Å². The van der Waals surface area contributed by atoms with Crippen molar-refractivity contribution >= 4 is 35.1 Å². The Balaban J connectivity index is 1.85. The lowest BCUT2D eigenvalue weighted by Gasteiger charge is -2.18. The minimum absolute atomic E-state index is 0.103. The molecule has 3 amide bonds. The van der Waals surface area contributed by atoms with Crippen molar-refractivity contribution in [1.82, 2.24) is 9.91 Å². The lowest BCUT2D eigenvalue weighted by molar-refractivity contribution is -0.141. The Bertz CT molecular complexity index is 755. The predicted octanol–water partition coefficient (Wildman–Crippen LogP) is 0.478. The predicted molar refractivity (Wildman–Crippen MR) is 93.5 cm³/mol. The molecule has 0 spiro atoms. The summed E-state index contributed by atoms with van der Waals surface area (Å²) < 4.78 is 4.91. The fourth-order valence-electron chi connectivity index (χ4n) is 2.18. The first-order valence-corrected chi connectivity index (χ1v) is 7.90. The third-order valence-corrected chi connectivity index (χ3v) is 3.60. The molecule has 9 heteroatoms. The van der Waals surface area contributed by atoms with Crippen molar-refractivity contribution in [2.45, 2.75) is 12.8 Å². The number of amides is 3. The molecule has 0 unspecified atom stereocenters. The second-order valence-electron chi connectivity index (χ2n) is 5.87. The zero-order valence-electron chi connectivity index (χ0n) is 14.8. The number of carbonyl (C=O) groups is 4. The summed E-state index contributed by atoms with van der Waals surface area (Å²) in [6, 6.07) is 6.35. The summed E-state index contributed by atoms with van der Waals surface area (Å²) in [4.78, 5) is 48.3. The van der Waals surface area contributed by atoms with Crippen LogP contribution >= 0.6 is 0 Å². The smallest absolute Gasteiger partial charge is 0.355 e. The van der Waals surface area contributed by atoms with Gasteiger partial charge in [0.15, 0.2) is 6.61 Å². The average Bonchev–Trinajstić information content (AvgIpc) is 2.62. The number of anilines is 1. The molecule has 138 valence electrons. The van der Waals surface area contributed by atoms with Crippen LogP contribution in [0.15, 0.2) is 29.4 Å². The molecule has 1 heterocycles. The largest absolute Gasteiger partial charge is 0.451 e. The monoisotopic (exact) mass is 360 g/mol. The number of benzene rings is 1. The zero-order chi connectivity index (χ0) is 19.3. The van der Waals surface area contributed by atoms with Crippen molar-refractivity contribution in [3.8, 4) is 0 Å². The summed E-state index contributed by atoms with van der Waals surface area (Å²) >= 11 is 0. The Kier molecular flexibility index (Phi) is 6.05. The maximum Gasteiger partial charge on any atom is 0.355 e. The third kappa shape index (κ3) is 4.88. The molecule has 26 heavy (non-hydrogen) atoms. The molecular weight excluding hydrogens is 340 g/mol. The van der Waals surface area contributed by atoms with Crippen LogP contribution in [0.4, 0.5) is 5.69 Å². The summed E-state index contributed by atoms with van der Waals surface area (Å²) in [5, 5.41) is 7.47. The number of nitrogens with one attached hydrogen (secondary N) is 1. The number of hydrogen-bond acceptors (Lipinski definition) is 6. The Morgan fingerprint density at radius 3 is 2.42 bits per heavy atom. The second kappa shape index (κ2) is 8.24. The highest BCUT2D eigenvalue weighted by Crippen LogP contribution is 2.11. The SMILES string of the molecule is CN(C)C(=O)c1ccc(NC(=O)COC(=O)C2=NN(C)C(=O)CC2)cc1. The normalized spacial score (nSPS) is 13.7. The number of nitrogens with zero attached hydrogens (tertiary/aromatic N) is 3. The summed E-state index contributed by atoms with van der Waals surface area (Å²) in [6.45, 7) is -0.478. The fraction of sp³-hybridized carbons (Fsp3) is 0.353. The third-order valence-electron chi connectivity index (χ3n) is 3.60. The molecule has 9 nitrogen and oxygen atoms in total. The molecule has 0 radical (unpaired) electrons. The van der Waals surface area contributed by atoms with Crippen molar-refractivity contribution in [3.63, 3.8) is 0 Å². The van der Waals surface area contributed by atoms with Crippen LogP contribution in [0.1, 0.15) is 23.2 Å². The molecule has 1 aliphatic rings. The maximum absolute atomic E-state index is 11.9. The van der Waals surface area contributed by atoms with Crippen LogP contribution in [0.3, 0.4) is 0 Å². The van der Waals surface area contributed by atoms with Crippen LogP contribution in [0.25, 0.3) is 0 Å². The average molecular weight is 360 g/mol. The summed E-state index contributed by atoms with van der Waals surface area (Å²) in [6.07, 6.45) is 0.361. The van der Waals surface area contributed by atoms with E-state index in [9.17, 15) is 19.2 Å². The van der Waals surface area contributed by atoms with Gasteiger partial charge in [0.25, 0.3) is 11.8 Å². The van der Waals surface area contributed by atoms with E-state index >= 15 is 0 Å². The Morgan fingerprint density at radius 2 is 1.85 bits per heavy atom. The van der Waals surface area contributed by atoms with Crippen molar-refractivity contribution in [2.75, 3.05) is 33.1 Å². The molecule has 0 saturated carbocycles. The second-order valence-corrected chi connectivity index (χ2v) is 5.87. The van der Waals surface area contributed by atoms with Gasteiger partial charge in [-0.3, -0.25) is 14.4 Å². The molecule has 0 atom stereocenters. The number of rotatable bonds is 5. The molecule has 0 fully saturated rings. The van der Waals surface area contributed by atoms with Crippen molar-refractivity contribution in [1.29, 1.82) is 0 Å². The van der Waals surface area contributed by atoms with E-state index in [2.05, 4.69) is 10.4 Å². The highest BCUT2D eigenvalue weighted by Gasteiger charge is 2.23. The fourth-order valence-corrected chi connectivity index (χ4v) is 2.18. The molecule has 1 N–H and O–H groups in total. The Morgan fingerprint density at radius 1 is 1.19 bits per heavy atom. The van der Waals surface area contributed by atoms with Crippen molar-refractivity contribution in [2.24, 2.45) is 5.10 Å². The van der Waals surface area contributed by atoms with E-state index in [-0.39, 0.29) is 30.4 Å². The van der Waals surface area contributed by atoms with Crippen LogP contribution in [-0.2, 0) is 19.1 Å². The molecule has 1 aliphatic heterocycles. The maximum atomic E-state index is 11.9. The molecule has 0 aliphatic carbocycles. The summed E-state index contributed by atoms with van der Waals surface area (Å²) in [5.41, 5.74) is 1.07. The first-order chi connectivity index (χ1) is 12.3. The van der Waals surface area contributed by atoms with Gasteiger partial charge in [-0.05, 0) is 24.3 Å². The highest BCUT2D eigenvalue weighted by atomic mass is 16.5. The van der Waals surface area contributed by atoms with Gasteiger partial charge in [0, 0.05) is 45.2 Å². The molecule has 0 bridgehead atoms. The van der Waals surface area contributed by atoms with E-state index in [0.29, 0.717) is 11.3 Å². The highest BCUT2D eigenvalue weighted by molar-refractivity contribution is 6.37. The first-order valence-electron chi connectivity index (χ1n) is 7.90. The number of esters is 1. The molecule has 0 saturated heterocycles. The van der Waals surface area contributed by atoms with Gasteiger partial charge in [0.05, 0.1) is 0 Å².